The van der Waals surface area contributed by atoms with Crippen molar-refractivity contribution in [2.24, 2.45) is 35.5 Å². The van der Waals surface area contributed by atoms with Crippen molar-refractivity contribution in [1.29, 1.82) is 0 Å². The van der Waals surface area contributed by atoms with Gasteiger partial charge in [0.25, 0.3) is 0 Å². The average Bonchev–Trinajstić information content (AvgIpc) is 2.44. The van der Waals surface area contributed by atoms with E-state index in [1.165, 1.54) is 25.7 Å². The summed E-state index contributed by atoms with van der Waals surface area (Å²) in [5.41, 5.74) is 1.56. The van der Waals surface area contributed by atoms with Gasteiger partial charge in [0.1, 0.15) is 0 Å². The van der Waals surface area contributed by atoms with Gasteiger partial charge >= 0.3 is 5.97 Å². The van der Waals surface area contributed by atoms with E-state index in [0.717, 1.165) is 11.8 Å². The third kappa shape index (κ3) is 3.90. The van der Waals surface area contributed by atoms with Gasteiger partial charge in [0.15, 0.2) is 0 Å². The van der Waals surface area contributed by atoms with Gasteiger partial charge in [0.05, 0.1) is 12.5 Å². The molecular weight excluding hydrogens is 260 g/mol. The van der Waals surface area contributed by atoms with Crippen molar-refractivity contribution < 1.29 is 9.53 Å². The van der Waals surface area contributed by atoms with E-state index >= 15 is 0 Å². The lowest BCUT2D eigenvalue weighted by atomic mass is 9.60. The van der Waals surface area contributed by atoms with Gasteiger partial charge in [-0.1, -0.05) is 45.8 Å². The zero-order chi connectivity index (χ0) is 15.6. The highest BCUT2D eigenvalue weighted by Gasteiger charge is 2.40. The van der Waals surface area contributed by atoms with Crippen LogP contribution in [0, 0.1) is 35.5 Å². The van der Waals surface area contributed by atoms with Crippen LogP contribution in [0.3, 0.4) is 0 Å². The van der Waals surface area contributed by atoms with Crippen molar-refractivity contribution in [3.8, 4) is 0 Å². The maximum atomic E-state index is 11.7. The van der Waals surface area contributed by atoms with Crippen molar-refractivity contribution in [1.82, 2.24) is 0 Å². The lowest BCUT2D eigenvalue weighted by molar-refractivity contribution is -0.149. The summed E-state index contributed by atoms with van der Waals surface area (Å²) in [5, 5.41) is 0. The first kappa shape index (κ1) is 16.6. The molecule has 21 heavy (non-hydrogen) atoms. The second kappa shape index (κ2) is 6.98. The molecule has 1 saturated carbocycles. The van der Waals surface area contributed by atoms with Crippen LogP contribution in [0.25, 0.3) is 0 Å². The fourth-order valence-corrected chi connectivity index (χ4v) is 4.26. The molecule has 0 bridgehead atoms. The number of hydrogen-bond donors (Lipinski definition) is 0. The minimum absolute atomic E-state index is 0.0202. The Morgan fingerprint density at radius 1 is 1.29 bits per heavy atom. The monoisotopic (exact) mass is 292 g/mol. The maximum Gasteiger partial charge on any atom is 0.308 e. The summed E-state index contributed by atoms with van der Waals surface area (Å²) >= 11 is 0. The first-order valence-electron chi connectivity index (χ1n) is 8.74. The SMILES string of the molecule is CC1=CC2C(CC1)C(C)CCC2C(C)COC(=O)C(C)C. The van der Waals surface area contributed by atoms with Crippen molar-refractivity contribution in [2.75, 3.05) is 6.61 Å². The van der Waals surface area contributed by atoms with E-state index in [9.17, 15) is 4.79 Å². The van der Waals surface area contributed by atoms with Crippen LogP contribution in [0.2, 0.25) is 0 Å². The van der Waals surface area contributed by atoms with Crippen LogP contribution in [0.15, 0.2) is 11.6 Å². The van der Waals surface area contributed by atoms with E-state index in [0.29, 0.717) is 24.4 Å². The predicted octanol–water partition coefficient (Wildman–Crippen LogP) is 4.84. The van der Waals surface area contributed by atoms with Crippen LogP contribution in [0.4, 0.5) is 0 Å². The Balaban J connectivity index is 2.00. The highest BCUT2D eigenvalue weighted by atomic mass is 16.5. The molecule has 0 aliphatic heterocycles. The van der Waals surface area contributed by atoms with Crippen LogP contribution < -0.4 is 0 Å². The van der Waals surface area contributed by atoms with Crippen LogP contribution >= 0.6 is 0 Å². The van der Waals surface area contributed by atoms with Gasteiger partial charge < -0.3 is 4.74 Å². The highest BCUT2D eigenvalue weighted by Crippen LogP contribution is 2.47. The minimum atomic E-state index is -0.0575. The lowest BCUT2D eigenvalue weighted by Crippen LogP contribution is -2.38. The molecule has 2 nitrogen and oxygen atoms in total. The maximum absolute atomic E-state index is 11.7. The van der Waals surface area contributed by atoms with Crippen LogP contribution in [0.1, 0.15) is 60.3 Å². The fraction of sp³-hybridized carbons (Fsp3) is 0.842. The summed E-state index contributed by atoms with van der Waals surface area (Å²) in [6.45, 7) is 11.4. The van der Waals surface area contributed by atoms with Gasteiger partial charge in [-0.25, -0.2) is 0 Å². The summed E-state index contributed by atoms with van der Waals surface area (Å²) in [6.07, 6.45) is 7.78. The second-order valence-corrected chi connectivity index (χ2v) is 7.77. The molecule has 1 fully saturated rings. The lowest BCUT2D eigenvalue weighted by Gasteiger charge is -2.45. The standard InChI is InChI=1S/C19H32O2/c1-12(2)19(20)21-11-15(5)17-9-7-14(4)16-8-6-13(3)10-18(16)17/h10,12,14-18H,6-9,11H2,1-5H3. The van der Waals surface area contributed by atoms with E-state index < -0.39 is 0 Å². The third-order valence-corrected chi connectivity index (χ3v) is 5.71. The van der Waals surface area contributed by atoms with E-state index in [1.807, 2.05) is 13.8 Å². The number of carbonyl (C=O) groups is 1. The summed E-state index contributed by atoms with van der Waals surface area (Å²) in [6, 6.07) is 0. The summed E-state index contributed by atoms with van der Waals surface area (Å²) in [7, 11) is 0. The molecule has 0 radical (unpaired) electrons. The zero-order valence-corrected chi connectivity index (χ0v) is 14.4. The molecule has 0 N–H and O–H groups in total. The third-order valence-electron chi connectivity index (χ3n) is 5.71. The predicted molar refractivity (Wildman–Crippen MR) is 86.8 cm³/mol. The van der Waals surface area contributed by atoms with Gasteiger partial charge in [-0.05, 0) is 55.8 Å². The number of carbonyl (C=O) groups excluding carboxylic acids is 1. The van der Waals surface area contributed by atoms with Gasteiger partial charge in [0, 0.05) is 0 Å². The molecule has 0 aromatic heterocycles. The summed E-state index contributed by atoms with van der Waals surface area (Å²) < 4.78 is 5.49. The van der Waals surface area contributed by atoms with E-state index in [2.05, 4.69) is 26.8 Å². The molecule has 0 amide bonds. The number of fused-ring (bicyclic) bond motifs is 1. The molecule has 2 aliphatic carbocycles. The molecule has 0 aromatic carbocycles. The first-order valence-corrected chi connectivity index (χ1v) is 8.74. The molecule has 0 spiro atoms. The fourth-order valence-electron chi connectivity index (χ4n) is 4.26. The van der Waals surface area contributed by atoms with Crippen molar-refractivity contribution in [3.05, 3.63) is 11.6 Å². The molecule has 0 aromatic rings. The molecule has 2 rings (SSSR count). The Morgan fingerprint density at radius 3 is 2.67 bits per heavy atom. The minimum Gasteiger partial charge on any atom is -0.465 e. The molecule has 2 aliphatic rings. The quantitative estimate of drug-likeness (QED) is 0.547. The Morgan fingerprint density at radius 2 is 2.00 bits per heavy atom. The van der Waals surface area contributed by atoms with E-state index in [1.54, 1.807) is 5.57 Å². The highest BCUT2D eigenvalue weighted by molar-refractivity contribution is 5.71. The van der Waals surface area contributed by atoms with Crippen LogP contribution in [0.5, 0.6) is 0 Å². The number of rotatable bonds is 4. The molecule has 2 heteroatoms. The molecule has 5 unspecified atom stereocenters. The number of esters is 1. The van der Waals surface area contributed by atoms with E-state index in [4.69, 9.17) is 4.74 Å². The number of hydrogen-bond acceptors (Lipinski definition) is 2. The number of ether oxygens (including phenoxy) is 1. The zero-order valence-electron chi connectivity index (χ0n) is 14.4. The normalized spacial score (nSPS) is 34.1. The van der Waals surface area contributed by atoms with Gasteiger partial charge in [-0.15, -0.1) is 0 Å². The van der Waals surface area contributed by atoms with Gasteiger partial charge in [-0.2, -0.15) is 0 Å². The van der Waals surface area contributed by atoms with Crippen molar-refractivity contribution in [3.63, 3.8) is 0 Å². The van der Waals surface area contributed by atoms with Crippen LogP contribution in [-0.4, -0.2) is 12.6 Å². The van der Waals surface area contributed by atoms with E-state index in [-0.39, 0.29) is 11.9 Å². The van der Waals surface area contributed by atoms with Gasteiger partial charge in [0.2, 0.25) is 0 Å². The van der Waals surface area contributed by atoms with Crippen molar-refractivity contribution >= 4 is 5.97 Å². The molecule has 120 valence electrons. The summed E-state index contributed by atoms with van der Waals surface area (Å²) in [5.74, 6) is 3.47. The Labute approximate surface area is 130 Å². The Hall–Kier alpha value is -0.790. The molecular formula is C19H32O2. The molecule has 0 saturated heterocycles. The van der Waals surface area contributed by atoms with Crippen LogP contribution in [-0.2, 0) is 9.53 Å². The molecule has 0 heterocycles. The van der Waals surface area contributed by atoms with Crippen molar-refractivity contribution in [2.45, 2.75) is 60.3 Å². The average molecular weight is 292 g/mol. The summed E-state index contributed by atoms with van der Waals surface area (Å²) in [4.78, 5) is 11.7. The Kier molecular flexibility index (Phi) is 5.51. The largest absolute Gasteiger partial charge is 0.465 e. The topological polar surface area (TPSA) is 26.3 Å². The van der Waals surface area contributed by atoms with Gasteiger partial charge in [-0.3, -0.25) is 4.79 Å². The number of allylic oxidation sites excluding steroid dienone is 2. The first-order chi connectivity index (χ1) is 9.90. The second-order valence-electron chi connectivity index (χ2n) is 7.77. The Bertz CT molecular complexity index is 396. The molecule has 5 atom stereocenters. The smallest absolute Gasteiger partial charge is 0.308 e.